The van der Waals surface area contributed by atoms with E-state index in [0.29, 0.717) is 34.2 Å². The van der Waals surface area contributed by atoms with Crippen LogP contribution in [0.3, 0.4) is 0 Å². The highest BCUT2D eigenvalue weighted by molar-refractivity contribution is 7.92. The molecule has 0 bridgehead atoms. The maximum atomic E-state index is 12.9. The van der Waals surface area contributed by atoms with Crippen LogP contribution in [0.25, 0.3) is 22.4 Å². The lowest BCUT2D eigenvalue weighted by Crippen LogP contribution is -2.14. The Bertz CT molecular complexity index is 1360. The monoisotopic (exact) mass is 439 g/mol. The average Bonchev–Trinajstić information content (AvgIpc) is 3.13. The van der Waals surface area contributed by atoms with Gasteiger partial charge in [0.2, 0.25) is 0 Å². The van der Waals surface area contributed by atoms with Gasteiger partial charge < -0.3 is 9.47 Å². The number of fused-ring (bicyclic) bond motifs is 1. The first kappa shape index (κ1) is 20.6. The number of aromatic nitrogens is 4. The minimum absolute atomic E-state index is 0.108. The van der Waals surface area contributed by atoms with Gasteiger partial charge in [-0.15, -0.1) is 0 Å². The number of aromatic amines is 1. The number of anilines is 1. The SMILES string of the molecule is COc1cc(C)c(S(=O)(=O)Nc2ccc(-c3ncc4c(C)[nH]nc4n3)cc2)cc1OC. The van der Waals surface area contributed by atoms with Crippen molar-refractivity contribution in [2.24, 2.45) is 0 Å². The molecular formula is C21H21N5O4S. The Morgan fingerprint density at radius 3 is 2.35 bits per heavy atom. The van der Waals surface area contributed by atoms with E-state index < -0.39 is 10.0 Å². The Labute approximate surface area is 179 Å². The number of benzene rings is 2. The first-order valence-corrected chi connectivity index (χ1v) is 10.8. The molecule has 10 heteroatoms. The number of nitrogens with zero attached hydrogens (tertiary/aromatic N) is 3. The molecule has 0 aliphatic rings. The molecule has 0 unspecified atom stereocenters. The molecule has 160 valence electrons. The van der Waals surface area contributed by atoms with Gasteiger partial charge in [0.25, 0.3) is 10.0 Å². The fraction of sp³-hybridized carbons (Fsp3) is 0.190. The zero-order valence-electron chi connectivity index (χ0n) is 17.4. The van der Waals surface area contributed by atoms with Crippen LogP contribution < -0.4 is 14.2 Å². The van der Waals surface area contributed by atoms with Crippen molar-refractivity contribution in [2.75, 3.05) is 18.9 Å². The molecule has 0 radical (unpaired) electrons. The van der Waals surface area contributed by atoms with Gasteiger partial charge in [0, 0.05) is 29.2 Å². The van der Waals surface area contributed by atoms with Gasteiger partial charge in [-0.1, -0.05) is 0 Å². The molecule has 2 heterocycles. The van der Waals surface area contributed by atoms with Crippen LogP contribution in [-0.2, 0) is 10.0 Å². The van der Waals surface area contributed by atoms with Crippen molar-refractivity contribution < 1.29 is 17.9 Å². The molecule has 4 rings (SSSR count). The highest BCUT2D eigenvalue weighted by atomic mass is 32.2. The number of sulfonamides is 1. The molecule has 0 saturated heterocycles. The smallest absolute Gasteiger partial charge is 0.262 e. The lowest BCUT2D eigenvalue weighted by molar-refractivity contribution is 0.353. The summed E-state index contributed by atoms with van der Waals surface area (Å²) in [6.07, 6.45) is 1.72. The standard InChI is InChI=1S/C21H21N5O4S/c1-12-9-17(29-3)18(30-4)10-19(12)31(27,28)26-15-7-5-14(6-8-15)20-22-11-16-13(2)24-25-21(16)23-20/h5-11,26H,1-4H3,(H,22,23,24,25). The summed E-state index contributed by atoms with van der Waals surface area (Å²) < 4.78 is 39.0. The predicted molar refractivity (Wildman–Crippen MR) is 117 cm³/mol. The summed E-state index contributed by atoms with van der Waals surface area (Å²) in [5, 5.41) is 7.89. The summed E-state index contributed by atoms with van der Waals surface area (Å²) >= 11 is 0. The van der Waals surface area contributed by atoms with E-state index in [4.69, 9.17) is 9.47 Å². The summed E-state index contributed by atoms with van der Waals surface area (Å²) in [7, 11) is -0.878. The highest BCUT2D eigenvalue weighted by Gasteiger charge is 2.20. The van der Waals surface area contributed by atoms with Crippen molar-refractivity contribution >= 4 is 26.7 Å². The second-order valence-corrected chi connectivity index (χ2v) is 8.59. The molecular weight excluding hydrogens is 418 g/mol. The first-order chi connectivity index (χ1) is 14.8. The highest BCUT2D eigenvalue weighted by Crippen LogP contribution is 2.33. The first-order valence-electron chi connectivity index (χ1n) is 9.36. The van der Waals surface area contributed by atoms with Crippen LogP contribution in [0.4, 0.5) is 5.69 Å². The Hall–Kier alpha value is -3.66. The Kier molecular flexibility index (Phi) is 5.24. The molecule has 0 aliphatic carbocycles. The van der Waals surface area contributed by atoms with Gasteiger partial charge in [0.15, 0.2) is 23.0 Å². The molecule has 31 heavy (non-hydrogen) atoms. The van der Waals surface area contributed by atoms with E-state index in [0.717, 1.165) is 16.6 Å². The maximum Gasteiger partial charge on any atom is 0.262 e. The van der Waals surface area contributed by atoms with Gasteiger partial charge in [-0.3, -0.25) is 9.82 Å². The lowest BCUT2D eigenvalue weighted by atomic mass is 10.2. The number of methoxy groups -OCH3 is 2. The summed E-state index contributed by atoms with van der Waals surface area (Å²) in [4.78, 5) is 8.93. The molecule has 4 aromatic rings. The second kappa shape index (κ2) is 7.88. The molecule has 0 fully saturated rings. The maximum absolute atomic E-state index is 12.9. The number of nitrogens with one attached hydrogen (secondary N) is 2. The summed E-state index contributed by atoms with van der Waals surface area (Å²) in [5.41, 5.74) is 3.17. The third-order valence-corrected chi connectivity index (χ3v) is 6.39. The minimum Gasteiger partial charge on any atom is -0.493 e. The van der Waals surface area contributed by atoms with Gasteiger partial charge in [-0.25, -0.2) is 18.4 Å². The molecule has 0 saturated carbocycles. The number of hydrogen-bond acceptors (Lipinski definition) is 7. The van der Waals surface area contributed by atoms with Crippen molar-refractivity contribution in [3.8, 4) is 22.9 Å². The number of hydrogen-bond donors (Lipinski definition) is 2. The molecule has 2 N–H and O–H groups in total. The Morgan fingerprint density at radius 1 is 1.00 bits per heavy atom. The molecule has 9 nitrogen and oxygen atoms in total. The van der Waals surface area contributed by atoms with E-state index in [9.17, 15) is 8.42 Å². The third-order valence-electron chi connectivity index (χ3n) is 4.87. The van der Waals surface area contributed by atoms with E-state index in [2.05, 4.69) is 24.9 Å². The summed E-state index contributed by atoms with van der Waals surface area (Å²) in [5.74, 6) is 1.31. The van der Waals surface area contributed by atoms with Gasteiger partial charge in [-0.2, -0.15) is 5.10 Å². The van der Waals surface area contributed by atoms with Crippen molar-refractivity contribution in [1.82, 2.24) is 20.2 Å². The topological polar surface area (TPSA) is 119 Å². The van der Waals surface area contributed by atoms with Gasteiger partial charge in [0.05, 0.1) is 24.5 Å². The van der Waals surface area contributed by atoms with E-state index in [-0.39, 0.29) is 4.90 Å². The van der Waals surface area contributed by atoms with Crippen LogP contribution in [-0.4, -0.2) is 42.8 Å². The molecule has 0 aliphatic heterocycles. The van der Waals surface area contributed by atoms with E-state index in [1.807, 2.05) is 6.92 Å². The van der Waals surface area contributed by atoms with Gasteiger partial charge in [0.1, 0.15) is 0 Å². The molecule has 2 aromatic heterocycles. The summed E-state index contributed by atoms with van der Waals surface area (Å²) in [6.45, 7) is 3.60. The second-order valence-electron chi connectivity index (χ2n) is 6.94. The van der Waals surface area contributed by atoms with Crippen molar-refractivity contribution in [2.45, 2.75) is 18.7 Å². The van der Waals surface area contributed by atoms with Crippen molar-refractivity contribution in [1.29, 1.82) is 0 Å². The van der Waals surface area contributed by atoms with Crippen molar-refractivity contribution in [3.05, 3.63) is 53.9 Å². The van der Waals surface area contributed by atoms with E-state index in [1.54, 1.807) is 43.5 Å². The average molecular weight is 439 g/mol. The lowest BCUT2D eigenvalue weighted by Gasteiger charge is -2.14. The van der Waals surface area contributed by atoms with Crippen LogP contribution in [0.2, 0.25) is 0 Å². The zero-order valence-corrected chi connectivity index (χ0v) is 18.2. The van der Waals surface area contributed by atoms with Gasteiger partial charge >= 0.3 is 0 Å². The fourth-order valence-electron chi connectivity index (χ4n) is 3.21. The van der Waals surface area contributed by atoms with Crippen LogP contribution in [0.1, 0.15) is 11.3 Å². The summed E-state index contributed by atoms with van der Waals surface area (Å²) in [6, 6.07) is 9.89. The minimum atomic E-state index is -3.84. The number of rotatable bonds is 6. The van der Waals surface area contributed by atoms with Crippen LogP contribution in [0.15, 0.2) is 47.5 Å². The Balaban J connectivity index is 1.61. The predicted octanol–water partition coefficient (Wildman–Crippen LogP) is 3.45. The largest absolute Gasteiger partial charge is 0.493 e. The van der Waals surface area contributed by atoms with Crippen LogP contribution >= 0.6 is 0 Å². The van der Waals surface area contributed by atoms with Gasteiger partial charge in [-0.05, 0) is 49.7 Å². The van der Waals surface area contributed by atoms with E-state index >= 15 is 0 Å². The zero-order chi connectivity index (χ0) is 22.2. The Morgan fingerprint density at radius 2 is 1.68 bits per heavy atom. The molecule has 2 aromatic carbocycles. The van der Waals surface area contributed by atoms with Crippen molar-refractivity contribution in [3.63, 3.8) is 0 Å². The fourth-order valence-corrected chi connectivity index (χ4v) is 4.51. The number of H-pyrrole nitrogens is 1. The van der Waals surface area contributed by atoms with Crippen LogP contribution in [0.5, 0.6) is 11.5 Å². The number of ether oxygens (including phenoxy) is 2. The molecule has 0 atom stereocenters. The number of aryl methyl sites for hydroxylation is 2. The normalized spacial score (nSPS) is 11.5. The third kappa shape index (κ3) is 3.89. The molecule has 0 amide bonds. The van der Waals surface area contributed by atoms with Crippen LogP contribution in [0, 0.1) is 13.8 Å². The quantitative estimate of drug-likeness (QED) is 0.472. The van der Waals surface area contributed by atoms with E-state index in [1.165, 1.54) is 20.3 Å². The molecule has 0 spiro atoms.